The Balaban J connectivity index is 2.11. The van der Waals surface area contributed by atoms with Crippen LogP contribution in [0.1, 0.15) is 19.4 Å². The predicted molar refractivity (Wildman–Crippen MR) is 67.9 cm³/mol. The van der Waals surface area contributed by atoms with Gasteiger partial charge in [-0.2, -0.15) is 13.2 Å². The maximum atomic E-state index is 12.7. The van der Waals surface area contributed by atoms with Crippen LogP contribution in [-0.4, -0.2) is 22.6 Å². The summed E-state index contributed by atoms with van der Waals surface area (Å²) in [5.74, 6) is -0.131. The number of pyridine rings is 1. The average molecular weight is 285 g/mol. The summed E-state index contributed by atoms with van der Waals surface area (Å²) in [6.45, 7) is 1.86. The van der Waals surface area contributed by atoms with Gasteiger partial charge in [0.05, 0.1) is 0 Å². The monoisotopic (exact) mass is 285 g/mol. The van der Waals surface area contributed by atoms with Crippen molar-refractivity contribution in [2.75, 3.05) is 5.32 Å². The Morgan fingerprint density at radius 2 is 2.10 bits per heavy atom. The third kappa shape index (κ3) is 2.76. The number of carbonyl (C=O) groups excluding carboxylic acids is 1. The lowest BCUT2D eigenvalue weighted by molar-refractivity contribution is -0.187. The predicted octanol–water partition coefficient (Wildman–Crippen LogP) is 2.39. The van der Waals surface area contributed by atoms with Crippen molar-refractivity contribution in [2.24, 2.45) is 0 Å². The molecular formula is C13H14F3N3O. The molecule has 0 spiro atoms. The molecule has 0 unspecified atom stereocenters. The first-order valence-electron chi connectivity index (χ1n) is 5.99. The first kappa shape index (κ1) is 14.4. The van der Waals surface area contributed by atoms with Crippen molar-refractivity contribution >= 4 is 11.7 Å². The van der Waals surface area contributed by atoms with Crippen LogP contribution >= 0.6 is 0 Å². The summed E-state index contributed by atoms with van der Waals surface area (Å²) in [4.78, 5) is 16.0. The van der Waals surface area contributed by atoms with Crippen molar-refractivity contribution in [3.63, 3.8) is 0 Å². The summed E-state index contributed by atoms with van der Waals surface area (Å²) in [5, 5.41) is 4.81. The number of rotatable bonds is 2. The van der Waals surface area contributed by atoms with Crippen molar-refractivity contribution in [1.29, 1.82) is 0 Å². The van der Waals surface area contributed by atoms with E-state index in [9.17, 15) is 18.0 Å². The molecule has 2 rings (SSSR count). The topological polar surface area (TPSA) is 54.0 Å². The van der Waals surface area contributed by atoms with E-state index in [1.807, 2.05) is 5.32 Å². The van der Waals surface area contributed by atoms with Gasteiger partial charge in [-0.3, -0.25) is 4.79 Å². The number of hydrogen-bond donors (Lipinski definition) is 2. The van der Waals surface area contributed by atoms with E-state index in [0.29, 0.717) is 5.82 Å². The molecule has 1 aromatic heterocycles. The number of carbonyl (C=O) groups is 1. The second kappa shape index (κ2) is 4.81. The zero-order chi connectivity index (χ0) is 15.0. The number of aromatic nitrogens is 1. The van der Waals surface area contributed by atoms with E-state index in [4.69, 9.17) is 0 Å². The van der Waals surface area contributed by atoms with E-state index in [0.717, 1.165) is 19.4 Å². The highest BCUT2D eigenvalue weighted by atomic mass is 19.4. The van der Waals surface area contributed by atoms with E-state index in [1.54, 1.807) is 18.3 Å². The highest BCUT2D eigenvalue weighted by molar-refractivity contribution is 5.95. The van der Waals surface area contributed by atoms with Gasteiger partial charge in [0, 0.05) is 24.4 Å². The zero-order valence-electron chi connectivity index (χ0n) is 11.0. The Bertz CT molecular complexity index is 564. The quantitative estimate of drug-likeness (QED) is 0.877. The second-order valence-corrected chi connectivity index (χ2v) is 5.08. The van der Waals surface area contributed by atoms with Crippen LogP contribution in [0, 0.1) is 0 Å². The van der Waals surface area contributed by atoms with E-state index in [1.165, 1.54) is 6.20 Å². The third-order valence-electron chi connectivity index (χ3n) is 3.08. The Kier molecular flexibility index (Phi) is 3.45. The fourth-order valence-corrected chi connectivity index (χ4v) is 1.70. The van der Waals surface area contributed by atoms with Crippen LogP contribution < -0.4 is 10.6 Å². The van der Waals surface area contributed by atoms with Gasteiger partial charge < -0.3 is 10.6 Å². The molecule has 0 saturated carbocycles. The largest absolute Gasteiger partial charge is 0.410 e. The van der Waals surface area contributed by atoms with Crippen LogP contribution in [0.5, 0.6) is 0 Å². The summed E-state index contributed by atoms with van der Waals surface area (Å²) in [5.41, 5.74) is -1.27. The maximum Gasteiger partial charge on any atom is 0.410 e. The van der Waals surface area contributed by atoms with Gasteiger partial charge in [-0.25, -0.2) is 4.98 Å². The highest BCUT2D eigenvalue weighted by Crippen LogP contribution is 2.30. The van der Waals surface area contributed by atoms with E-state index in [-0.39, 0.29) is 12.0 Å². The minimum atomic E-state index is -4.51. The first-order valence-corrected chi connectivity index (χ1v) is 5.99. The summed E-state index contributed by atoms with van der Waals surface area (Å²) >= 11 is 0. The standard InChI is InChI=1S/C13H14F3N3O/c1-12(2,13(14,15)16)19-11(20)9-6-8-4-3-5-17-10(8)18-7-9/h3-5,7H,6H2,1-2H3,(H,17,18)(H,19,20). The fraction of sp³-hybridized carbons (Fsp3) is 0.385. The van der Waals surface area contributed by atoms with Crippen molar-refractivity contribution < 1.29 is 18.0 Å². The van der Waals surface area contributed by atoms with E-state index in [2.05, 4.69) is 10.3 Å². The van der Waals surface area contributed by atoms with E-state index >= 15 is 0 Å². The molecule has 2 heterocycles. The number of halogens is 3. The van der Waals surface area contributed by atoms with Gasteiger partial charge in [-0.05, 0) is 25.5 Å². The van der Waals surface area contributed by atoms with Crippen LogP contribution in [0.3, 0.4) is 0 Å². The van der Waals surface area contributed by atoms with Gasteiger partial charge in [0.15, 0.2) is 0 Å². The lowest BCUT2D eigenvalue weighted by atomic mass is 10.00. The molecule has 108 valence electrons. The minimum absolute atomic E-state index is 0.239. The molecule has 0 bridgehead atoms. The smallest absolute Gasteiger partial charge is 0.346 e. The molecule has 0 saturated heterocycles. The Hall–Kier alpha value is -2.05. The number of anilines is 1. The fourth-order valence-electron chi connectivity index (χ4n) is 1.70. The van der Waals surface area contributed by atoms with Gasteiger partial charge in [0.25, 0.3) is 0 Å². The number of hydrogen-bond acceptors (Lipinski definition) is 3. The summed E-state index contributed by atoms with van der Waals surface area (Å²) in [6.07, 6.45) is -1.28. The molecule has 0 fully saturated rings. The van der Waals surface area contributed by atoms with Crippen molar-refractivity contribution in [1.82, 2.24) is 10.3 Å². The SMILES string of the molecule is CC(C)(NC(=O)C1=CNc2ncccc2C1)C(F)(F)F. The molecule has 4 nitrogen and oxygen atoms in total. The summed E-state index contributed by atoms with van der Waals surface area (Å²) in [6, 6.07) is 3.48. The van der Waals surface area contributed by atoms with Gasteiger partial charge in [0.2, 0.25) is 5.91 Å². The molecule has 20 heavy (non-hydrogen) atoms. The number of nitrogens with zero attached hydrogens (tertiary/aromatic N) is 1. The van der Waals surface area contributed by atoms with Crippen LogP contribution in [-0.2, 0) is 11.2 Å². The molecule has 2 N–H and O–H groups in total. The molecule has 7 heteroatoms. The molecule has 0 radical (unpaired) electrons. The lowest BCUT2D eigenvalue weighted by Gasteiger charge is -2.29. The molecule has 1 amide bonds. The Labute approximate surface area is 114 Å². The Morgan fingerprint density at radius 1 is 1.40 bits per heavy atom. The lowest BCUT2D eigenvalue weighted by Crippen LogP contribution is -2.54. The summed E-state index contributed by atoms with van der Waals surface area (Å²) in [7, 11) is 0. The number of alkyl halides is 3. The van der Waals surface area contributed by atoms with E-state index < -0.39 is 17.6 Å². The molecule has 1 aliphatic rings. The van der Waals surface area contributed by atoms with Crippen molar-refractivity contribution in [2.45, 2.75) is 32.0 Å². The molecule has 1 aromatic rings. The normalized spacial score (nSPS) is 14.9. The van der Waals surface area contributed by atoms with Gasteiger partial charge in [-0.15, -0.1) is 0 Å². The zero-order valence-corrected chi connectivity index (χ0v) is 11.0. The number of amides is 1. The number of nitrogens with one attached hydrogen (secondary N) is 2. The van der Waals surface area contributed by atoms with Gasteiger partial charge in [-0.1, -0.05) is 6.07 Å². The van der Waals surface area contributed by atoms with Gasteiger partial charge >= 0.3 is 6.18 Å². The maximum absolute atomic E-state index is 12.7. The Morgan fingerprint density at radius 3 is 2.75 bits per heavy atom. The molecule has 1 aliphatic heterocycles. The number of fused-ring (bicyclic) bond motifs is 1. The van der Waals surface area contributed by atoms with Crippen molar-refractivity contribution in [3.05, 3.63) is 35.7 Å². The second-order valence-electron chi connectivity index (χ2n) is 5.08. The first-order chi connectivity index (χ1) is 9.21. The molecule has 0 aromatic carbocycles. The van der Waals surface area contributed by atoms with Crippen LogP contribution in [0.25, 0.3) is 0 Å². The average Bonchev–Trinajstić information content (AvgIpc) is 2.36. The molecular weight excluding hydrogens is 271 g/mol. The summed E-state index contributed by atoms with van der Waals surface area (Å²) < 4.78 is 38.2. The highest BCUT2D eigenvalue weighted by Gasteiger charge is 2.48. The van der Waals surface area contributed by atoms with Crippen molar-refractivity contribution in [3.8, 4) is 0 Å². The molecule has 0 atom stereocenters. The molecule has 0 aliphatic carbocycles. The minimum Gasteiger partial charge on any atom is -0.346 e. The van der Waals surface area contributed by atoms with Crippen LogP contribution in [0.15, 0.2) is 30.1 Å². The van der Waals surface area contributed by atoms with Gasteiger partial charge in [0.1, 0.15) is 11.4 Å². The third-order valence-corrected chi connectivity index (χ3v) is 3.08. The van der Waals surface area contributed by atoms with Crippen LogP contribution in [0.4, 0.5) is 19.0 Å². The van der Waals surface area contributed by atoms with Crippen LogP contribution in [0.2, 0.25) is 0 Å².